The highest BCUT2D eigenvalue weighted by atomic mass is 16.7. The summed E-state index contributed by atoms with van der Waals surface area (Å²) in [5.41, 5.74) is 1.97. The smallest absolute Gasteiger partial charge is 0.456 e. The van der Waals surface area contributed by atoms with Gasteiger partial charge < -0.3 is 19.1 Å². The van der Waals surface area contributed by atoms with Crippen molar-refractivity contribution in [1.29, 1.82) is 0 Å². The topological polar surface area (TPSA) is 111 Å². The third-order valence-electron chi connectivity index (χ3n) is 8.04. The van der Waals surface area contributed by atoms with Crippen LogP contribution in [0.5, 0.6) is 17.2 Å². The zero-order valence-corrected chi connectivity index (χ0v) is 25.7. The van der Waals surface area contributed by atoms with Gasteiger partial charge in [-0.25, -0.2) is 4.79 Å². The fraction of sp³-hybridized carbons (Fsp3) is 0.257. The molecule has 2 heterocycles. The van der Waals surface area contributed by atoms with E-state index in [2.05, 4.69) is 18.7 Å². The Morgan fingerprint density at radius 2 is 1.56 bits per heavy atom. The molecule has 0 fully saturated rings. The molecule has 1 amide bonds. The second-order valence-corrected chi connectivity index (χ2v) is 11.8. The highest BCUT2D eigenvalue weighted by molar-refractivity contribution is 6.14. The lowest BCUT2D eigenvalue weighted by molar-refractivity contribution is -0.384. The minimum atomic E-state index is -1.21. The van der Waals surface area contributed by atoms with Crippen LogP contribution in [-0.4, -0.2) is 35.7 Å². The van der Waals surface area contributed by atoms with Crippen LogP contribution in [0.15, 0.2) is 84.9 Å². The lowest BCUT2D eigenvalue weighted by atomic mass is 9.74. The van der Waals surface area contributed by atoms with Gasteiger partial charge in [-0.1, -0.05) is 24.3 Å². The molecule has 1 spiro atoms. The number of nitro benzene ring substituents is 1. The Morgan fingerprint density at radius 1 is 0.911 bits per heavy atom. The van der Waals surface area contributed by atoms with Crippen LogP contribution in [0.4, 0.5) is 21.9 Å². The van der Waals surface area contributed by atoms with E-state index in [-0.39, 0.29) is 17.3 Å². The molecule has 0 aliphatic carbocycles. The quantitative estimate of drug-likeness (QED) is 0.0944. The summed E-state index contributed by atoms with van der Waals surface area (Å²) in [6, 6.07) is 24.3. The van der Waals surface area contributed by atoms with E-state index in [0.717, 1.165) is 29.9 Å². The van der Waals surface area contributed by atoms with E-state index in [0.29, 0.717) is 28.3 Å². The first-order chi connectivity index (χ1) is 21.5. The zero-order chi connectivity index (χ0) is 32.1. The lowest BCUT2D eigenvalue weighted by Crippen LogP contribution is -2.47. The summed E-state index contributed by atoms with van der Waals surface area (Å²) in [6.45, 7) is 11.0. The molecular weight excluding hydrogens is 574 g/mol. The number of hydrogen-bond donors (Lipinski definition) is 0. The number of non-ortho nitro benzene ring substituents is 1. The Labute approximate surface area is 260 Å². The number of fused-ring (bicyclic) bond motifs is 6. The molecule has 230 valence electrons. The molecule has 4 aromatic carbocycles. The number of anilines is 2. The molecule has 10 heteroatoms. The highest BCUT2D eigenvalue weighted by Crippen LogP contribution is 2.59. The summed E-state index contributed by atoms with van der Waals surface area (Å²) in [5.74, 6) is 0.857. The summed E-state index contributed by atoms with van der Waals surface area (Å²) in [7, 11) is 0. The molecule has 0 saturated carbocycles. The molecule has 0 N–H and O–H groups in total. The Hall–Kier alpha value is -5.38. The largest absolute Gasteiger partial charge is 0.514 e. The van der Waals surface area contributed by atoms with Crippen molar-refractivity contribution in [3.63, 3.8) is 0 Å². The van der Waals surface area contributed by atoms with E-state index < -0.39 is 22.2 Å². The minimum Gasteiger partial charge on any atom is -0.456 e. The van der Waals surface area contributed by atoms with Crippen LogP contribution < -0.4 is 19.3 Å². The van der Waals surface area contributed by atoms with E-state index in [1.54, 1.807) is 62.1 Å². The van der Waals surface area contributed by atoms with Gasteiger partial charge in [-0.2, -0.15) is 0 Å². The van der Waals surface area contributed by atoms with Gasteiger partial charge >= 0.3 is 6.16 Å². The Kier molecular flexibility index (Phi) is 7.23. The highest BCUT2D eigenvalue weighted by Gasteiger charge is 2.57. The maximum Gasteiger partial charge on any atom is 0.514 e. The second kappa shape index (κ2) is 11.0. The molecule has 10 nitrogen and oxygen atoms in total. The van der Waals surface area contributed by atoms with Crippen LogP contribution in [0.2, 0.25) is 0 Å². The van der Waals surface area contributed by atoms with E-state index in [4.69, 9.17) is 14.2 Å². The molecule has 1 atom stereocenters. The molecule has 0 bridgehead atoms. The fourth-order valence-electron chi connectivity index (χ4n) is 6.20. The second-order valence-electron chi connectivity index (χ2n) is 11.8. The van der Waals surface area contributed by atoms with Crippen LogP contribution in [0.3, 0.4) is 0 Å². The normalized spacial score (nSPS) is 16.4. The predicted molar refractivity (Wildman–Crippen MR) is 170 cm³/mol. The summed E-state index contributed by atoms with van der Waals surface area (Å²) in [4.78, 5) is 41.8. The molecule has 45 heavy (non-hydrogen) atoms. The standard InChI is InChI=1S/C35H33N3O7/c1-6-36(7-2)24-16-18-28-30(20-24)44-31-21-25(43-33(40)45-34(3,4)5)17-19-29(31)35(28)27-11-9-8-10-26(27)32(39)37(35)22-12-14-23(15-13-22)38(41)42/h8-21H,6-7H2,1-5H3. The van der Waals surface area contributed by atoms with Gasteiger partial charge in [0.1, 0.15) is 28.4 Å². The van der Waals surface area contributed by atoms with E-state index >= 15 is 0 Å². The van der Waals surface area contributed by atoms with Crippen LogP contribution in [0.25, 0.3) is 0 Å². The summed E-state index contributed by atoms with van der Waals surface area (Å²) in [6.07, 6.45) is -0.855. The molecule has 0 aromatic heterocycles. The van der Waals surface area contributed by atoms with Crippen LogP contribution >= 0.6 is 0 Å². The van der Waals surface area contributed by atoms with Crippen molar-refractivity contribution in [2.75, 3.05) is 22.9 Å². The zero-order valence-electron chi connectivity index (χ0n) is 25.7. The first-order valence-electron chi connectivity index (χ1n) is 14.8. The van der Waals surface area contributed by atoms with Crippen molar-refractivity contribution in [3.8, 4) is 17.2 Å². The number of carbonyl (C=O) groups is 2. The Bertz CT molecular complexity index is 1830. The van der Waals surface area contributed by atoms with Gasteiger partial charge in [0.05, 0.1) is 4.92 Å². The van der Waals surface area contributed by atoms with Crippen molar-refractivity contribution < 1.29 is 28.7 Å². The van der Waals surface area contributed by atoms with Crippen LogP contribution in [-0.2, 0) is 10.3 Å². The molecule has 2 aliphatic rings. The molecule has 6 rings (SSSR count). The van der Waals surface area contributed by atoms with Crippen LogP contribution in [0.1, 0.15) is 61.7 Å². The van der Waals surface area contributed by atoms with Crippen LogP contribution in [0, 0.1) is 10.1 Å². The fourth-order valence-corrected chi connectivity index (χ4v) is 6.20. The number of rotatable bonds is 6. The van der Waals surface area contributed by atoms with Crippen molar-refractivity contribution in [2.45, 2.75) is 45.8 Å². The average molecular weight is 608 g/mol. The lowest BCUT2D eigenvalue weighted by Gasteiger charge is -2.44. The Balaban J connectivity index is 1.61. The first kappa shape index (κ1) is 29.7. The van der Waals surface area contributed by atoms with E-state index in [1.807, 2.05) is 36.4 Å². The molecule has 1 unspecified atom stereocenters. The van der Waals surface area contributed by atoms with E-state index in [9.17, 15) is 19.7 Å². The maximum atomic E-state index is 14.4. The third kappa shape index (κ3) is 4.92. The molecule has 0 saturated heterocycles. The van der Waals surface area contributed by atoms with Crippen molar-refractivity contribution >= 4 is 29.1 Å². The van der Waals surface area contributed by atoms with Gasteiger partial charge in [0.2, 0.25) is 0 Å². The Morgan fingerprint density at radius 3 is 2.20 bits per heavy atom. The predicted octanol–water partition coefficient (Wildman–Crippen LogP) is 7.81. The number of nitro groups is 1. The molecule has 4 aromatic rings. The van der Waals surface area contributed by atoms with Gasteiger partial charge in [0.15, 0.2) is 0 Å². The number of carbonyl (C=O) groups excluding carboxylic acids is 2. The third-order valence-corrected chi connectivity index (χ3v) is 8.04. The van der Waals surface area contributed by atoms with Gasteiger partial charge in [-0.15, -0.1) is 0 Å². The molecule has 2 aliphatic heterocycles. The summed E-state index contributed by atoms with van der Waals surface area (Å²) in [5, 5.41) is 11.5. The van der Waals surface area contributed by atoms with E-state index in [1.165, 1.54) is 12.1 Å². The van der Waals surface area contributed by atoms with Crippen molar-refractivity contribution in [3.05, 3.63) is 117 Å². The maximum absolute atomic E-state index is 14.4. The first-order valence-corrected chi connectivity index (χ1v) is 14.8. The number of amides is 1. The van der Waals surface area contributed by atoms with Gasteiger partial charge in [0, 0.05) is 71.0 Å². The summed E-state index contributed by atoms with van der Waals surface area (Å²) < 4.78 is 17.5. The van der Waals surface area contributed by atoms with Gasteiger partial charge in [-0.05, 0) is 71.0 Å². The van der Waals surface area contributed by atoms with Crippen molar-refractivity contribution in [1.82, 2.24) is 0 Å². The average Bonchev–Trinajstić information content (AvgIpc) is 3.25. The number of ether oxygens (including phenoxy) is 3. The monoisotopic (exact) mass is 607 g/mol. The molecular formula is C35H33N3O7. The molecule has 0 radical (unpaired) electrons. The SMILES string of the molecule is CCN(CC)c1ccc2c(c1)Oc1cc(OC(=O)OC(C)(C)C)ccc1C21c2ccccc2C(=O)N1c1ccc([N+](=O)[O-])cc1. The number of hydrogen-bond acceptors (Lipinski definition) is 8. The van der Waals surface area contributed by atoms with Crippen molar-refractivity contribution in [2.24, 2.45) is 0 Å². The minimum absolute atomic E-state index is 0.0856. The number of benzene rings is 4. The summed E-state index contributed by atoms with van der Waals surface area (Å²) >= 11 is 0. The number of nitrogens with zero attached hydrogens (tertiary/aromatic N) is 3. The van der Waals surface area contributed by atoms with Gasteiger partial charge in [0.25, 0.3) is 11.6 Å². The van der Waals surface area contributed by atoms with Gasteiger partial charge in [-0.3, -0.25) is 19.8 Å².